The molecule has 2 fully saturated rings. The van der Waals surface area contributed by atoms with Gasteiger partial charge in [0.05, 0.1) is 5.56 Å². The fraction of sp³-hybridized carbons (Fsp3) is 0.300. The molecule has 3 amide bonds. The van der Waals surface area contributed by atoms with Crippen molar-refractivity contribution < 1.29 is 19.2 Å². The second-order valence-electron chi connectivity index (χ2n) is 9.90. The predicted molar refractivity (Wildman–Crippen MR) is 152 cm³/mol. The zero-order valence-corrected chi connectivity index (χ0v) is 22.9. The Labute approximate surface area is 237 Å². The molecule has 9 nitrogen and oxygen atoms in total. The summed E-state index contributed by atoms with van der Waals surface area (Å²) in [5, 5.41) is 3.69. The van der Waals surface area contributed by atoms with Crippen LogP contribution in [0.1, 0.15) is 33.6 Å². The number of hydrogen-bond acceptors (Lipinski definition) is 6. The second-order valence-corrected chi connectivity index (χ2v) is 10.3. The Hall–Kier alpha value is -4.24. The number of aromatic nitrogens is 1. The Morgan fingerprint density at radius 2 is 1.65 bits per heavy atom. The fourth-order valence-electron chi connectivity index (χ4n) is 5.43. The third-order valence-corrected chi connectivity index (χ3v) is 7.82. The summed E-state index contributed by atoms with van der Waals surface area (Å²) in [6.07, 6.45) is 5.10. The molecule has 1 aromatic heterocycles. The minimum atomic E-state index is -0.806. The number of amides is 3. The summed E-state index contributed by atoms with van der Waals surface area (Å²) in [7, 11) is 1.74. The average molecular weight is 560 g/mol. The summed E-state index contributed by atoms with van der Waals surface area (Å²) in [5.74, 6) is -0.696. The Morgan fingerprint density at radius 3 is 2.35 bits per heavy atom. The lowest BCUT2D eigenvalue weighted by atomic mass is 10.00. The number of anilines is 1. The van der Waals surface area contributed by atoms with Crippen LogP contribution in [0.4, 0.5) is 5.69 Å². The van der Waals surface area contributed by atoms with Crippen LogP contribution in [0.25, 0.3) is 11.1 Å². The van der Waals surface area contributed by atoms with Crippen LogP contribution in [0.3, 0.4) is 0 Å². The molecule has 206 valence electrons. The Balaban J connectivity index is 1.32. The van der Waals surface area contributed by atoms with Crippen molar-refractivity contribution in [3.8, 4) is 11.1 Å². The molecule has 0 bridgehead atoms. The number of aldehydes is 1. The van der Waals surface area contributed by atoms with Gasteiger partial charge in [-0.25, -0.2) is 0 Å². The van der Waals surface area contributed by atoms with Crippen molar-refractivity contribution in [2.45, 2.75) is 24.9 Å². The first kappa shape index (κ1) is 27.3. The molecule has 5 rings (SSSR count). The number of rotatable bonds is 6. The van der Waals surface area contributed by atoms with E-state index >= 15 is 0 Å². The molecule has 2 unspecified atom stereocenters. The van der Waals surface area contributed by atoms with Crippen LogP contribution in [0.2, 0.25) is 5.02 Å². The van der Waals surface area contributed by atoms with E-state index in [-0.39, 0.29) is 37.4 Å². The first-order valence-corrected chi connectivity index (χ1v) is 13.6. The highest BCUT2D eigenvalue weighted by atomic mass is 35.5. The quantitative estimate of drug-likeness (QED) is 0.463. The number of piperazine rings is 1. The van der Waals surface area contributed by atoms with E-state index in [4.69, 9.17) is 11.6 Å². The van der Waals surface area contributed by atoms with E-state index in [1.807, 2.05) is 24.3 Å². The number of pyridine rings is 1. The van der Waals surface area contributed by atoms with Crippen LogP contribution >= 0.6 is 11.6 Å². The molecule has 10 heteroatoms. The number of likely N-dealkylation sites (tertiary alicyclic amines) is 1. The molecule has 2 aromatic carbocycles. The van der Waals surface area contributed by atoms with Crippen LogP contribution in [0.15, 0.2) is 67.0 Å². The molecule has 3 aromatic rings. The average Bonchev–Trinajstić information content (AvgIpc) is 3.50. The van der Waals surface area contributed by atoms with Crippen molar-refractivity contribution in [2.24, 2.45) is 0 Å². The second kappa shape index (κ2) is 11.9. The highest BCUT2D eigenvalue weighted by molar-refractivity contribution is 6.30. The number of nitrogens with zero attached hydrogens (tertiary/aromatic N) is 4. The van der Waals surface area contributed by atoms with Gasteiger partial charge in [0.1, 0.15) is 18.4 Å². The monoisotopic (exact) mass is 559 g/mol. The molecule has 0 spiro atoms. The zero-order valence-electron chi connectivity index (χ0n) is 22.1. The normalized spacial score (nSPS) is 18.9. The van der Waals surface area contributed by atoms with Crippen LogP contribution < -0.4 is 5.32 Å². The third kappa shape index (κ3) is 5.42. The maximum atomic E-state index is 13.8. The van der Waals surface area contributed by atoms with E-state index in [1.165, 1.54) is 4.90 Å². The highest BCUT2D eigenvalue weighted by Gasteiger charge is 2.40. The van der Waals surface area contributed by atoms with Gasteiger partial charge in [-0.3, -0.25) is 19.4 Å². The smallest absolute Gasteiger partial charge is 0.256 e. The van der Waals surface area contributed by atoms with Gasteiger partial charge in [-0.05, 0) is 60.4 Å². The summed E-state index contributed by atoms with van der Waals surface area (Å²) in [4.78, 5) is 61.3. The van der Waals surface area contributed by atoms with Gasteiger partial charge in [-0.2, -0.15) is 0 Å². The molecule has 2 saturated heterocycles. The van der Waals surface area contributed by atoms with Gasteiger partial charge in [0, 0.05) is 61.9 Å². The molecule has 2 aliphatic rings. The molecule has 0 saturated carbocycles. The highest BCUT2D eigenvalue weighted by Crippen LogP contribution is 2.29. The number of carbonyl (C=O) groups excluding carboxylic acids is 4. The van der Waals surface area contributed by atoms with Gasteiger partial charge < -0.3 is 24.8 Å². The van der Waals surface area contributed by atoms with E-state index in [9.17, 15) is 19.2 Å². The number of nitrogens with one attached hydrogen (secondary N) is 1. The van der Waals surface area contributed by atoms with Gasteiger partial charge in [-0.15, -0.1) is 0 Å². The summed E-state index contributed by atoms with van der Waals surface area (Å²) in [5.41, 5.74) is 3.31. The van der Waals surface area contributed by atoms with Gasteiger partial charge in [-0.1, -0.05) is 29.8 Å². The van der Waals surface area contributed by atoms with E-state index in [2.05, 4.69) is 10.3 Å². The van der Waals surface area contributed by atoms with Crippen LogP contribution in [-0.4, -0.2) is 89.0 Å². The standard InChI is InChI=1S/C30H30ClN5O4/c1-32-26-9-6-22(20-4-7-23(31)8-5-20)17-25(26)29(39)35-16-15-34(18-24(35)19-37)30(40)27-3-2-14-36(27)28(38)21-10-12-33-13-11-21/h4-13,17,19,24,27,32H,2-3,14-16,18H2,1H3. The summed E-state index contributed by atoms with van der Waals surface area (Å²) in [6.45, 7) is 1.04. The van der Waals surface area contributed by atoms with Gasteiger partial charge in [0.15, 0.2) is 0 Å². The van der Waals surface area contributed by atoms with E-state index in [0.717, 1.165) is 17.5 Å². The topological polar surface area (TPSA) is 103 Å². The van der Waals surface area contributed by atoms with E-state index < -0.39 is 12.1 Å². The van der Waals surface area contributed by atoms with Crippen LogP contribution in [0.5, 0.6) is 0 Å². The minimum absolute atomic E-state index is 0.0770. The van der Waals surface area contributed by atoms with Crippen LogP contribution in [-0.2, 0) is 9.59 Å². The lowest BCUT2D eigenvalue weighted by molar-refractivity contribution is -0.138. The molecule has 0 radical (unpaired) electrons. The molecule has 3 heterocycles. The predicted octanol–water partition coefficient (Wildman–Crippen LogP) is 3.60. The molecular formula is C30H30ClN5O4. The van der Waals surface area contributed by atoms with Crippen molar-refractivity contribution in [3.05, 3.63) is 83.1 Å². The molecule has 0 aliphatic carbocycles. The van der Waals surface area contributed by atoms with E-state index in [0.29, 0.717) is 41.1 Å². The molecule has 2 aliphatic heterocycles. The molecular weight excluding hydrogens is 530 g/mol. The van der Waals surface area contributed by atoms with Gasteiger partial charge in [0.2, 0.25) is 5.91 Å². The van der Waals surface area contributed by atoms with Crippen molar-refractivity contribution >= 4 is 41.3 Å². The third-order valence-electron chi connectivity index (χ3n) is 7.57. The number of halogens is 1. The largest absolute Gasteiger partial charge is 0.387 e. The summed E-state index contributed by atoms with van der Waals surface area (Å²) in [6, 6.07) is 14.8. The SMILES string of the molecule is CNc1ccc(-c2ccc(Cl)cc2)cc1C(=O)N1CCN(C(=O)C2CCCN2C(=O)c2ccncc2)CC1C=O. The molecule has 1 N–H and O–H groups in total. The van der Waals surface area contributed by atoms with E-state index in [1.54, 1.807) is 59.6 Å². The molecule has 2 atom stereocenters. The Morgan fingerprint density at radius 1 is 0.925 bits per heavy atom. The van der Waals surface area contributed by atoms with Crippen molar-refractivity contribution in [3.63, 3.8) is 0 Å². The van der Waals surface area contributed by atoms with Crippen molar-refractivity contribution in [1.29, 1.82) is 0 Å². The number of benzene rings is 2. The lowest BCUT2D eigenvalue weighted by Gasteiger charge is -2.41. The summed E-state index contributed by atoms with van der Waals surface area (Å²) < 4.78 is 0. The minimum Gasteiger partial charge on any atom is -0.387 e. The Kier molecular flexibility index (Phi) is 8.11. The zero-order chi connectivity index (χ0) is 28.2. The first-order chi connectivity index (χ1) is 19.4. The number of carbonyl (C=O) groups is 4. The first-order valence-electron chi connectivity index (χ1n) is 13.2. The number of hydrogen-bond donors (Lipinski definition) is 1. The molecule has 40 heavy (non-hydrogen) atoms. The maximum absolute atomic E-state index is 13.8. The fourth-order valence-corrected chi connectivity index (χ4v) is 5.56. The maximum Gasteiger partial charge on any atom is 0.256 e. The van der Waals surface area contributed by atoms with Crippen molar-refractivity contribution in [1.82, 2.24) is 19.7 Å². The summed E-state index contributed by atoms with van der Waals surface area (Å²) >= 11 is 6.04. The van der Waals surface area contributed by atoms with Crippen LogP contribution in [0, 0.1) is 0 Å². The van der Waals surface area contributed by atoms with Crippen molar-refractivity contribution in [2.75, 3.05) is 38.5 Å². The van der Waals surface area contributed by atoms with Gasteiger partial charge in [0.25, 0.3) is 11.8 Å². The lowest BCUT2D eigenvalue weighted by Crippen LogP contribution is -2.60. The Bertz CT molecular complexity index is 1420. The van der Waals surface area contributed by atoms with Gasteiger partial charge >= 0.3 is 0 Å².